The van der Waals surface area contributed by atoms with E-state index < -0.39 is 0 Å². The predicted octanol–water partition coefficient (Wildman–Crippen LogP) is 4.91. The molecule has 0 amide bonds. The lowest BCUT2D eigenvalue weighted by Gasteiger charge is -2.45. The van der Waals surface area contributed by atoms with Gasteiger partial charge in [0.25, 0.3) is 0 Å². The highest BCUT2D eigenvalue weighted by Gasteiger charge is 2.61. The number of rotatable bonds is 2. The summed E-state index contributed by atoms with van der Waals surface area (Å²) in [5, 5.41) is 0. The lowest BCUT2D eigenvalue weighted by atomic mass is 9.63. The average molecular weight is 367 g/mol. The van der Waals surface area contributed by atoms with Crippen LogP contribution in [-0.4, -0.2) is 40.6 Å². The van der Waals surface area contributed by atoms with Gasteiger partial charge in [-0.3, -0.25) is 9.80 Å². The fourth-order valence-electron chi connectivity index (χ4n) is 9.94. The Labute approximate surface area is 165 Å². The summed E-state index contributed by atoms with van der Waals surface area (Å²) in [4.78, 5) is 6.05. The van der Waals surface area contributed by atoms with Crippen molar-refractivity contribution in [3.8, 4) is 0 Å². The fraction of sp³-hybridized carbons (Fsp3) is 0.920. The first-order valence-electron chi connectivity index (χ1n) is 12.2. The van der Waals surface area contributed by atoms with Crippen LogP contribution in [0.2, 0.25) is 0 Å². The number of hydrogen-bond acceptors (Lipinski definition) is 2. The molecule has 0 spiro atoms. The number of fused-ring (bicyclic) bond motifs is 2. The molecule has 1 heterocycles. The van der Waals surface area contributed by atoms with Crippen LogP contribution in [0.15, 0.2) is 11.6 Å². The zero-order valence-electron chi connectivity index (χ0n) is 17.5. The Morgan fingerprint density at radius 2 is 1.59 bits per heavy atom. The molecule has 148 valence electrons. The van der Waals surface area contributed by atoms with Gasteiger partial charge < -0.3 is 0 Å². The van der Waals surface area contributed by atoms with E-state index in [1.807, 2.05) is 5.57 Å². The van der Waals surface area contributed by atoms with Crippen LogP contribution in [0.25, 0.3) is 0 Å². The Balaban J connectivity index is 1.15. The van der Waals surface area contributed by atoms with Crippen molar-refractivity contribution in [2.24, 2.45) is 41.4 Å². The van der Waals surface area contributed by atoms with Crippen molar-refractivity contribution in [3.05, 3.63) is 11.6 Å². The summed E-state index contributed by atoms with van der Waals surface area (Å²) in [7, 11) is 0. The van der Waals surface area contributed by atoms with Crippen LogP contribution in [0.5, 0.6) is 0 Å². The maximum atomic E-state index is 3.03. The van der Waals surface area contributed by atoms with E-state index in [0.29, 0.717) is 11.1 Å². The Bertz CT molecular complexity index is 686. The summed E-state index contributed by atoms with van der Waals surface area (Å²) in [6.07, 6.45) is 16.3. The van der Waals surface area contributed by atoms with Crippen molar-refractivity contribution in [1.29, 1.82) is 0 Å². The topological polar surface area (TPSA) is 6.48 Å². The van der Waals surface area contributed by atoms with E-state index in [0.717, 1.165) is 41.4 Å². The van der Waals surface area contributed by atoms with Crippen LogP contribution in [0, 0.1) is 41.4 Å². The summed E-state index contributed by atoms with van der Waals surface area (Å²) in [5.41, 5.74) is 2.98. The molecule has 0 aromatic heterocycles. The zero-order valence-corrected chi connectivity index (χ0v) is 17.5. The maximum absolute atomic E-state index is 3.03. The molecule has 7 aliphatic rings. The molecule has 6 fully saturated rings. The fourth-order valence-corrected chi connectivity index (χ4v) is 9.94. The van der Waals surface area contributed by atoms with E-state index in [1.54, 1.807) is 25.7 Å². The first kappa shape index (κ1) is 16.5. The van der Waals surface area contributed by atoms with E-state index in [-0.39, 0.29) is 0 Å². The molecule has 1 saturated heterocycles. The van der Waals surface area contributed by atoms with Crippen molar-refractivity contribution in [2.75, 3.05) is 19.8 Å². The van der Waals surface area contributed by atoms with Gasteiger partial charge in [-0.25, -0.2) is 0 Å². The van der Waals surface area contributed by atoms with Gasteiger partial charge in [-0.15, -0.1) is 0 Å². The first-order chi connectivity index (χ1) is 13.0. The van der Waals surface area contributed by atoms with Crippen molar-refractivity contribution in [3.63, 3.8) is 0 Å². The van der Waals surface area contributed by atoms with E-state index in [1.165, 1.54) is 51.9 Å². The van der Waals surface area contributed by atoms with Crippen molar-refractivity contribution in [1.82, 2.24) is 9.80 Å². The maximum Gasteiger partial charge on any atom is 0.0517 e. The highest BCUT2D eigenvalue weighted by Crippen LogP contribution is 2.64. The second-order valence-electron chi connectivity index (χ2n) is 12.4. The molecule has 1 aliphatic heterocycles. The van der Waals surface area contributed by atoms with Crippen molar-refractivity contribution >= 4 is 0 Å². The highest BCUT2D eigenvalue weighted by atomic mass is 15.4. The van der Waals surface area contributed by atoms with Gasteiger partial charge in [0.2, 0.25) is 0 Å². The van der Waals surface area contributed by atoms with Crippen LogP contribution in [0.4, 0.5) is 0 Å². The second-order valence-corrected chi connectivity index (χ2v) is 12.4. The average Bonchev–Trinajstić information content (AvgIpc) is 3.21. The van der Waals surface area contributed by atoms with Crippen LogP contribution in [0.1, 0.15) is 71.6 Å². The molecule has 7 rings (SSSR count). The highest BCUT2D eigenvalue weighted by molar-refractivity contribution is 5.29. The molecule has 0 radical (unpaired) electrons. The van der Waals surface area contributed by atoms with Gasteiger partial charge >= 0.3 is 0 Å². The smallest absolute Gasteiger partial charge is 0.0517 e. The molecule has 2 nitrogen and oxygen atoms in total. The number of allylic oxidation sites excluding steroid dienone is 2. The standard InChI is InChI=1S/C25H38N2/c1-16-5-18-7-20-11-24(9-16,13-22(18)20)26-3-4-27(15-26)25-10-17(2)6-19-8-21(12-25)23(19)14-25/h5,16-17,19-23H,3-4,6-15H2,1-2H3. The molecular formula is C25H38N2. The first-order valence-corrected chi connectivity index (χ1v) is 12.2. The van der Waals surface area contributed by atoms with Gasteiger partial charge in [-0.1, -0.05) is 25.5 Å². The minimum atomic E-state index is 0.547. The van der Waals surface area contributed by atoms with E-state index in [2.05, 4.69) is 29.7 Å². The van der Waals surface area contributed by atoms with Gasteiger partial charge in [0.15, 0.2) is 0 Å². The Morgan fingerprint density at radius 1 is 0.815 bits per heavy atom. The third-order valence-corrected chi connectivity index (χ3v) is 10.8. The molecular weight excluding hydrogens is 328 g/mol. The van der Waals surface area contributed by atoms with Gasteiger partial charge in [0.05, 0.1) is 6.67 Å². The Hall–Kier alpha value is -0.340. The van der Waals surface area contributed by atoms with Crippen LogP contribution >= 0.6 is 0 Å². The monoisotopic (exact) mass is 366 g/mol. The molecule has 0 aromatic rings. The quantitative estimate of drug-likeness (QED) is 0.641. The predicted molar refractivity (Wildman–Crippen MR) is 109 cm³/mol. The lowest BCUT2D eigenvalue weighted by molar-refractivity contribution is 0.0248. The van der Waals surface area contributed by atoms with E-state index >= 15 is 0 Å². The third-order valence-electron chi connectivity index (χ3n) is 10.8. The second kappa shape index (κ2) is 5.22. The molecule has 9 atom stereocenters. The number of hydrogen-bond donors (Lipinski definition) is 0. The summed E-state index contributed by atoms with van der Waals surface area (Å²) in [6, 6.07) is 0. The Kier molecular flexibility index (Phi) is 3.18. The minimum absolute atomic E-state index is 0.547. The van der Waals surface area contributed by atoms with Crippen molar-refractivity contribution in [2.45, 2.75) is 82.7 Å². The Morgan fingerprint density at radius 3 is 2.44 bits per heavy atom. The lowest BCUT2D eigenvalue weighted by Crippen LogP contribution is -2.51. The largest absolute Gasteiger partial charge is 0.283 e. The minimum Gasteiger partial charge on any atom is -0.283 e. The molecule has 5 saturated carbocycles. The molecule has 0 aromatic carbocycles. The van der Waals surface area contributed by atoms with Crippen LogP contribution in [0.3, 0.4) is 0 Å². The molecule has 2 heteroatoms. The summed E-state index contributed by atoms with van der Waals surface area (Å²) in [5.74, 6) is 7.08. The molecule has 27 heavy (non-hydrogen) atoms. The summed E-state index contributed by atoms with van der Waals surface area (Å²) in [6.45, 7) is 9.09. The molecule has 6 aliphatic carbocycles. The van der Waals surface area contributed by atoms with E-state index in [4.69, 9.17) is 0 Å². The molecule has 9 unspecified atom stereocenters. The van der Waals surface area contributed by atoms with Crippen LogP contribution < -0.4 is 0 Å². The van der Waals surface area contributed by atoms with Crippen molar-refractivity contribution < 1.29 is 0 Å². The molecule has 4 bridgehead atoms. The third kappa shape index (κ3) is 2.10. The number of nitrogens with zero attached hydrogens (tertiary/aromatic N) is 2. The van der Waals surface area contributed by atoms with Gasteiger partial charge in [0, 0.05) is 24.2 Å². The van der Waals surface area contributed by atoms with Gasteiger partial charge in [-0.05, 0) is 99.2 Å². The normalized spacial score (nSPS) is 59.0. The van der Waals surface area contributed by atoms with Gasteiger partial charge in [-0.2, -0.15) is 0 Å². The summed E-state index contributed by atoms with van der Waals surface area (Å²) >= 11 is 0. The van der Waals surface area contributed by atoms with Gasteiger partial charge in [0.1, 0.15) is 0 Å². The SMILES string of the molecule is CC1C=C2CC3CC(N4CCN(C56CC(C)CC7CC(C5)C7C6)C4)(C1)CC23. The zero-order chi connectivity index (χ0) is 18.0. The summed E-state index contributed by atoms with van der Waals surface area (Å²) < 4.78 is 0. The van der Waals surface area contributed by atoms with E-state index in [9.17, 15) is 0 Å². The molecule has 0 N–H and O–H groups in total. The van der Waals surface area contributed by atoms with Crippen LogP contribution in [-0.2, 0) is 0 Å².